The van der Waals surface area contributed by atoms with Crippen molar-refractivity contribution in [3.8, 4) is 0 Å². The van der Waals surface area contributed by atoms with Crippen molar-refractivity contribution in [1.29, 1.82) is 0 Å². The van der Waals surface area contributed by atoms with Gasteiger partial charge in [-0.3, -0.25) is 14.2 Å². The zero-order valence-corrected chi connectivity index (χ0v) is 14.5. The second-order valence-electron chi connectivity index (χ2n) is 5.73. The summed E-state index contributed by atoms with van der Waals surface area (Å²) in [7, 11) is 1.76. The molecule has 0 aliphatic carbocycles. The maximum absolute atomic E-state index is 12.3. The molecule has 0 aliphatic rings. The van der Waals surface area contributed by atoms with E-state index in [0.717, 1.165) is 23.5 Å². The summed E-state index contributed by atoms with van der Waals surface area (Å²) in [5.41, 5.74) is 3.06. The number of amides is 1. The predicted octanol–water partition coefficient (Wildman–Crippen LogP) is 1.46. The standard InChI is InChI=1S/C16H23N5O3/c1-5-21-12(3)13(11(2)17-21)10-19(4)15(22)7-9-20-8-6-14(18-20)16(23)24/h6,8H,5,7,9-10H2,1-4H3,(H,23,24). The van der Waals surface area contributed by atoms with Gasteiger partial charge in [0.1, 0.15) is 0 Å². The number of carbonyl (C=O) groups is 2. The average molecular weight is 333 g/mol. The van der Waals surface area contributed by atoms with E-state index in [0.29, 0.717) is 13.1 Å². The van der Waals surface area contributed by atoms with Gasteiger partial charge in [0.15, 0.2) is 5.69 Å². The van der Waals surface area contributed by atoms with Crippen LogP contribution in [0.15, 0.2) is 12.3 Å². The first-order chi connectivity index (χ1) is 11.3. The van der Waals surface area contributed by atoms with Crippen molar-refractivity contribution in [1.82, 2.24) is 24.5 Å². The van der Waals surface area contributed by atoms with Gasteiger partial charge < -0.3 is 10.0 Å². The van der Waals surface area contributed by atoms with Crippen LogP contribution < -0.4 is 0 Å². The molecule has 2 aromatic heterocycles. The summed E-state index contributed by atoms with van der Waals surface area (Å²) in [5.74, 6) is -1.10. The van der Waals surface area contributed by atoms with Crippen molar-refractivity contribution in [3.63, 3.8) is 0 Å². The van der Waals surface area contributed by atoms with Crippen molar-refractivity contribution in [2.45, 2.75) is 46.8 Å². The van der Waals surface area contributed by atoms with E-state index in [1.807, 2.05) is 25.5 Å². The second-order valence-corrected chi connectivity index (χ2v) is 5.73. The molecule has 0 spiro atoms. The van der Waals surface area contributed by atoms with Crippen LogP contribution in [0.2, 0.25) is 0 Å². The first-order valence-corrected chi connectivity index (χ1v) is 7.87. The molecule has 2 aromatic rings. The van der Waals surface area contributed by atoms with Gasteiger partial charge >= 0.3 is 5.97 Å². The van der Waals surface area contributed by atoms with Gasteiger partial charge in [-0.1, -0.05) is 0 Å². The molecule has 0 aromatic carbocycles. The number of hydrogen-bond acceptors (Lipinski definition) is 4. The summed E-state index contributed by atoms with van der Waals surface area (Å²) >= 11 is 0. The molecule has 1 N–H and O–H groups in total. The summed E-state index contributed by atoms with van der Waals surface area (Å²) in [6, 6.07) is 1.42. The molecule has 8 nitrogen and oxygen atoms in total. The van der Waals surface area contributed by atoms with Crippen LogP contribution >= 0.6 is 0 Å². The quantitative estimate of drug-likeness (QED) is 0.828. The number of carboxylic acid groups (broad SMARTS) is 1. The molecule has 0 radical (unpaired) electrons. The molecular formula is C16H23N5O3. The molecule has 0 atom stereocenters. The second kappa shape index (κ2) is 7.29. The summed E-state index contributed by atoms with van der Waals surface area (Å²) in [4.78, 5) is 24.8. The van der Waals surface area contributed by atoms with E-state index in [1.165, 1.54) is 10.7 Å². The fourth-order valence-corrected chi connectivity index (χ4v) is 2.60. The van der Waals surface area contributed by atoms with Crippen molar-refractivity contribution in [2.75, 3.05) is 7.05 Å². The van der Waals surface area contributed by atoms with E-state index < -0.39 is 5.97 Å². The molecule has 130 valence electrons. The maximum atomic E-state index is 12.3. The Balaban J connectivity index is 1.94. The Kier molecular flexibility index (Phi) is 5.38. The lowest BCUT2D eigenvalue weighted by Gasteiger charge is -2.17. The number of rotatable bonds is 7. The van der Waals surface area contributed by atoms with Crippen LogP contribution in [-0.4, -0.2) is 48.5 Å². The lowest BCUT2D eigenvalue weighted by molar-refractivity contribution is -0.130. The van der Waals surface area contributed by atoms with Gasteiger partial charge in [0.2, 0.25) is 5.91 Å². The number of hydrogen-bond donors (Lipinski definition) is 1. The maximum Gasteiger partial charge on any atom is 0.356 e. The molecule has 0 saturated carbocycles. The minimum absolute atomic E-state index is 0.0194. The predicted molar refractivity (Wildman–Crippen MR) is 87.7 cm³/mol. The molecule has 0 unspecified atom stereocenters. The Morgan fingerprint density at radius 1 is 1.29 bits per heavy atom. The number of carbonyl (C=O) groups excluding carboxylic acids is 1. The van der Waals surface area contributed by atoms with E-state index >= 15 is 0 Å². The van der Waals surface area contributed by atoms with Gasteiger partial charge in [-0.05, 0) is 26.8 Å². The van der Waals surface area contributed by atoms with E-state index in [9.17, 15) is 9.59 Å². The van der Waals surface area contributed by atoms with E-state index in [1.54, 1.807) is 18.1 Å². The molecule has 0 fully saturated rings. The number of nitrogens with zero attached hydrogens (tertiary/aromatic N) is 5. The summed E-state index contributed by atoms with van der Waals surface area (Å²) < 4.78 is 3.40. The number of aromatic carboxylic acids is 1. The number of aryl methyl sites for hydroxylation is 3. The van der Waals surface area contributed by atoms with Gasteiger partial charge in [-0.25, -0.2) is 4.79 Å². The minimum atomic E-state index is -1.07. The highest BCUT2D eigenvalue weighted by Gasteiger charge is 2.16. The number of carboxylic acids is 1. The normalized spacial score (nSPS) is 10.8. The third-order valence-corrected chi connectivity index (χ3v) is 4.07. The van der Waals surface area contributed by atoms with Gasteiger partial charge in [0, 0.05) is 50.6 Å². The van der Waals surface area contributed by atoms with E-state index in [4.69, 9.17) is 5.11 Å². The highest BCUT2D eigenvalue weighted by Crippen LogP contribution is 2.15. The van der Waals surface area contributed by atoms with Gasteiger partial charge in [-0.15, -0.1) is 0 Å². The average Bonchev–Trinajstić information content (AvgIpc) is 3.12. The van der Waals surface area contributed by atoms with E-state index in [-0.39, 0.29) is 18.0 Å². The highest BCUT2D eigenvalue weighted by molar-refractivity contribution is 5.85. The number of aromatic nitrogens is 4. The molecule has 0 bridgehead atoms. The van der Waals surface area contributed by atoms with Crippen LogP contribution in [0.5, 0.6) is 0 Å². The zero-order valence-electron chi connectivity index (χ0n) is 14.5. The minimum Gasteiger partial charge on any atom is -0.476 e. The summed E-state index contributed by atoms with van der Waals surface area (Å²) in [6.45, 7) is 7.65. The fraction of sp³-hybridized carbons (Fsp3) is 0.500. The Bertz CT molecular complexity index is 747. The highest BCUT2D eigenvalue weighted by atomic mass is 16.4. The first-order valence-electron chi connectivity index (χ1n) is 7.87. The van der Waals surface area contributed by atoms with Crippen LogP contribution in [0.3, 0.4) is 0 Å². The van der Waals surface area contributed by atoms with Gasteiger partial charge in [0.05, 0.1) is 5.69 Å². The van der Waals surface area contributed by atoms with Gasteiger partial charge in [-0.2, -0.15) is 10.2 Å². The topological polar surface area (TPSA) is 93.2 Å². The molecule has 0 aliphatic heterocycles. The van der Waals surface area contributed by atoms with Crippen LogP contribution in [0.25, 0.3) is 0 Å². The van der Waals surface area contributed by atoms with Crippen molar-refractivity contribution < 1.29 is 14.7 Å². The van der Waals surface area contributed by atoms with Crippen molar-refractivity contribution in [3.05, 3.63) is 34.9 Å². The monoisotopic (exact) mass is 333 g/mol. The largest absolute Gasteiger partial charge is 0.476 e. The Labute approximate surface area is 140 Å². The summed E-state index contributed by atoms with van der Waals surface area (Å²) in [6.07, 6.45) is 1.83. The van der Waals surface area contributed by atoms with E-state index in [2.05, 4.69) is 10.2 Å². The lowest BCUT2D eigenvalue weighted by Crippen LogP contribution is -2.27. The third-order valence-electron chi connectivity index (χ3n) is 4.07. The lowest BCUT2D eigenvalue weighted by atomic mass is 10.2. The van der Waals surface area contributed by atoms with Crippen LogP contribution in [-0.2, 0) is 24.4 Å². The Morgan fingerprint density at radius 3 is 2.54 bits per heavy atom. The molecular weight excluding hydrogens is 310 g/mol. The molecule has 1 amide bonds. The molecule has 2 heterocycles. The Morgan fingerprint density at radius 2 is 2.00 bits per heavy atom. The molecule has 0 saturated heterocycles. The van der Waals surface area contributed by atoms with Crippen LogP contribution in [0.1, 0.15) is 40.8 Å². The van der Waals surface area contributed by atoms with Gasteiger partial charge in [0.25, 0.3) is 0 Å². The first kappa shape index (κ1) is 17.7. The van der Waals surface area contributed by atoms with Crippen molar-refractivity contribution in [2.24, 2.45) is 0 Å². The van der Waals surface area contributed by atoms with Crippen molar-refractivity contribution >= 4 is 11.9 Å². The Hall–Kier alpha value is -2.64. The SMILES string of the molecule is CCn1nc(C)c(CN(C)C(=O)CCn2ccc(C(=O)O)n2)c1C. The smallest absolute Gasteiger partial charge is 0.356 e. The fourth-order valence-electron chi connectivity index (χ4n) is 2.60. The van der Waals surface area contributed by atoms with Crippen LogP contribution in [0.4, 0.5) is 0 Å². The van der Waals surface area contributed by atoms with Crippen LogP contribution in [0, 0.1) is 13.8 Å². The molecule has 24 heavy (non-hydrogen) atoms. The zero-order chi connectivity index (χ0) is 17.9. The molecule has 2 rings (SSSR count). The molecule has 8 heteroatoms. The summed E-state index contributed by atoms with van der Waals surface area (Å²) in [5, 5.41) is 17.2. The third kappa shape index (κ3) is 3.81.